The standard InChI is InChI=1S/C19H20FNO3/c1-13(14-5-3-2-4-6-14)21-18(22)11-16(12-19(23)24)15-7-9-17(20)10-8-15/h2-10,13,16H,11-12H2,1H3,(H,21,22)(H,23,24)/t13?,16-/m0/s1. The summed E-state index contributed by atoms with van der Waals surface area (Å²) in [7, 11) is 0. The van der Waals surface area contributed by atoms with Crippen molar-refractivity contribution in [3.8, 4) is 0 Å². The van der Waals surface area contributed by atoms with E-state index >= 15 is 0 Å². The third-order valence-corrected chi connectivity index (χ3v) is 3.87. The van der Waals surface area contributed by atoms with Gasteiger partial charge in [0.15, 0.2) is 0 Å². The van der Waals surface area contributed by atoms with Gasteiger partial charge in [-0.25, -0.2) is 4.39 Å². The first-order valence-electron chi connectivity index (χ1n) is 7.77. The zero-order valence-corrected chi connectivity index (χ0v) is 13.4. The maximum atomic E-state index is 13.0. The highest BCUT2D eigenvalue weighted by atomic mass is 19.1. The van der Waals surface area contributed by atoms with Crippen molar-refractivity contribution in [2.24, 2.45) is 0 Å². The van der Waals surface area contributed by atoms with Crippen LogP contribution in [0.4, 0.5) is 4.39 Å². The predicted octanol–water partition coefficient (Wildman–Crippen LogP) is 3.65. The number of carbonyl (C=O) groups is 2. The molecule has 0 radical (unpaired) electrons. The number of nitrogens with one attached hydrogen (secondary N) is 1. The largest absolute Gasteiger partial charge is 0.481 e. The zero-order chi connectivity index (χ0) is 17.5. The Kier molecular flexibility index (Phi) is 6.07. The lowest BCUT2D eigenvalue weighted by molar-refractivity contribution is -0.137. The van der Waals surface area contributed by atoms with Crippen molar-refractivity contribution in [2.45, 2.75) is 31.7 Å². The van der Waals surface area contributed by atoms with E-state index < -0.39 is 17.7 Å². The maximum Gasteiger partial charge on any atom is 0.303 e. The first-order valence-corrected chi connectivity index (χ1v) is 7.77. The monoisotopic (exact) mass is 329 g/mol. The SMILES string of the molecule is CC(NC(=O)C[C@@H](CC(=O)O)c1ccc(F)cc1)c1ccccc1. The summed E-state index contributed by atoms with van der Waals surface area (Å²) >= 11 is 0. The molecular weight excluding hydrogens is 309 g/mol. The molecule has 0 aliphatic rings. The van der Waals surface area contributed by atoms with Crippen LogP contribution in [0.25, 0.3) is 0 Å². The Morgan fingerprint density at radius 3 is 2.21 bits per heavy atom. The van der Waals surface area contributed by atoms with E-state index in [1.165, 1.54) is 24.3 Å². The van der Waals surface area contributed by atoms with Gasteiger partial charge in [-0.3, -0.25) is 9.59 Å². The lowest BCUT2D eigenvalue weighted by atomic mass is 9.92. The second-order valence-corrected chi connectivity index (χ2v) is 5.75. The summed E-state index contributed by atoms with van der Waals surface area (Å²) in [5.41, 5.74) is 1.61. The summed E-state index contributed by atoms with van der Waals surface area (Å²) in [6.07, 6.45) is -0.145. The maximum absolute atomic E-state index is 13.0. The normalized spacial score (nSPS) is 13.1. The fourth-order valence-corrected chi connectivity index (χ4v) is 2.60. The van der Waals surface area contributed by atoms with Crippen molar-refractivity contribution < 1.29 is 19.1 Å². The van der Waals surface area contributed by atoms with E-state index in [4.69, 9.17) is 5.11 Å². The van der Waals surface area contributed by atoms with Gasteiger partial charge in [-0.15, -0.1) is 0 Å². The van der Waals surface area contributed by atoms with Gasteiger partial charge >= 0.3 is 5.97 Å². The van der Waals surface area contributed by atoms with Gasteiger partial charge in [-0.2, -0.15) is 0 Å². The summed E-state index contributed by atoms with van der Waals surface area (Å²) < 4.78 is 13.0. The molecule has 24 heavy (non-hydrogen) atoms. The van der Waals surface area contributed by atoms with Crippen LogP contribution in [0.2, 0.25) is 0 Å². The number of aliphatic carboxylic acids is 1. The van der Waals surface area contributed by atoms with E-state index in [1.54, 1.807) is 0 Å². The lowest BCUT2D eigenvalue weighted by Gasteiger charge is -2.18. The molecule has 0 saturated carbocycles. The lowest BCUT2D eigenvalue weighted by Crippen LogP contribution is -2.28. The molecule has 2 rings (SSSR count). The molecule has 2 N–H and O–H groups in total. The van der Waals surface area contributed by atoms with Gasteiger partial charge in [-0.05, 0) is 30.2 Å². The van der Waals surface area contributed by atoms with Crippen molar-refractivity contribution in [3.05, 3.63) is 71.5 Å². The van der Waals surface area contributed by atoms with Gasteiger partial charge in [0, 0.05) is 12.3 Å². The minimum absolute atomic E-state index is 0.0368. The quantitative estimate of drug-likeness (QED) is 0.815. The van der Waals surface area contributed by atoms with E-state index in [9.17, 15) is 14.0 Å². The summed E-state index contributed by atoms with van der Waals surface area (Å²) in [6.45, 7) is 1.87. The summed E-state index contributed by atoms with van der Waals surface area (Å²) in [5, 5.41) is 11.9. The number of halogens is 1. The molecule has 0 aliphatic carbocycles. The smallest absolute Gasteiger partial charge is 0.303 e. The molecule has 5 heteroatoms. The second kappa shape index (κ2) is 8.24. The van der Waals surface area contributed by atoms with Crippen LogP contribution in [0, 0.1) is 5.82 Å². The van der Waals surface area contributed by atoms with Gasteiger partial charge in [0.05, 0.1) is 12.5 Å². The van der Waals surface area contributed by atoms with Crippen LogP contribution in [-0.2, 0) is 9.59 Å². The van der Waals surface area contributed by atoms with Crippen LogP contribution in [0.15, 0.2) is 54.6 Å². The van der Waals surface area contributed by atoms with Gasteiger partial charge < -0.3 is 10.4 Å². The van der Waals surface area contributed by atoms with Crippen molar-refractivity contribution in [2.75, 3.05) is 0 Å². The Labute approximate surface area is 140 Å². The van der Waals surface area contributed by atoms with Crippen molar-refractivity contribution in [1.82, 2.24) is 5.32 Å². The average Bonchev–Trinajstić information content (AvgIpc) is 2.55. The van der Waals surface area contributed by atoms with E-state index in [0.29, 0.717) is 5.56 Å². The Hall–Kier alpha value is -2.69. The first kappa shape index (κ1) is 17.7. The van der Waals surface area contributed by atoms with E-state index in [1.807, 2.05) is 37.3 Å². The van der Waals surface area contributed by atoms with E-state index in [2.05, 4.69) is 5.32 Å². The molecule has 0 spiro atoms. The third-order valence-electron chi connectivity index (χ3n) is 3.87. The number of rotatable bonds is 7. The Morgan fingerprint density at radius 2 is 1.62 bits per heavy atom. The van der Waals surface area contributed by atoms with Crippen LogP contribution in [0.3, 0.4) is 0 Å². The van der Waals surface area contributed by atoms with Crippen LogP contribution in [0.5, 0.6) is 0 Å². The molecule has 1 unspecified atom stereocenters. The minimum atomic E-state index is -0.992. The molecule has 0 saturated heterocycles. The number of carbonyl (C=O) groups excluding carboxylic acids is 1. The molecule has 2 atom stereocenters. The molecule has 4 nitrogen and oxygen atoms in total. The van der Waals surface area contributed by atoms with Crippen LogP contribution < -0.4 is 5.32 Å². The fourth-order valence-electron chi connectivity index (χ4n) is 2.60. The average molecular weight is 329 g/mol. The molecule has 0 fully saturated rings. The van der Waals surface area contributed by atoms with Crippen LogP contribution in [-0.4, -0.2) is 17.0 Å². The molecule has 126 valence electrons. The zero-order valence-electron chi connectivity index (χ0n) is 13.4. The van der Waals surface area contributed by atoms with Crippen molar-refractivity contribution in [1.29, 1.82) is 0 Å². The number of benzene rings is 2. The summed E-state index contributed by atoms with van der Waals surface area (Å²) in [6, 6.07) is 14.9. The number of hydrogen-bond donors (Lipinski definition) is 2. The second-order valence-electron chi connectivity index (χ2n) is 5.75. The molecule has 2 aromatic carbocycles. The van der Waals surface area contributed by atoms with Crippen LogP contribution >= 0.6 is 0 Å². The number of carboxylic acid groups (broad SMARTS) is 1. The molecular formula is C19H20FNO3. The Bertz CT molecular complexity index is 686. The third kappa shape index (κ3) is 5.19. The molecule has 0 aromatic heterocycles. The van der Waals surface area contributed by atoms with Crippen molar-refractivity contribution >= 4 is 11.9 Å². The first-order chi connectivity index (χ1) is 11.5. The van der Waals surface area contributed by atoms with E-state index in [0.717, 1.165) is 5.56 Å². The summed E-state index contributed by atoms with van der Waals surface area (Å²) in [5.74, 6) is -2.11. The highest BCUT2D eigenvalue weighted by Gasteiger charge is 2.20. The summed E-state index contributed by atoms with van der Waals surface area (Å²) in [4.78, 5) is 23.4. The van der Waals surface area contributed by atoms with Gasteiger partial charge in [0.25, 0.3) is 0 Å². The molecule has 0 heterocycles. The highest BCUT2D eigenvalue weighted by Crippen LogP contribution is 2.24. The van der Waals surface area contributed by atoms with Gasteiger partial charge in [0.2, 0.25) is 5.91 Å². The number of carboxylic acids is 1. The Balaban J connectivity index is 2.04. The molecule has 1 amide bonds. The minimum Gasteiger partial charge on any atom is -0.481 e. The van der Waals surface area contributed by atoms with E-state index in [-0.39, 0.29) is 24.8 Å². The molecule has 0 bridgehead atoms. The van der Waals surface area contributed by atoms with Gasteiger partial charge in [0.1, 0.15) is 5.82 Å². The van der Waals surface area contributed by atoms with Gasteiger partial charge in [-0.1, -0.05) is 42.5 Å². The number of amides is 1. The highest BCUT2D eigenvalue weighted by molar-refractivity contribution is 5.78. The van der Waals surface area contributed by atoms with Crippen molar-refractivity contribution in [3.63, 3.8) is 0 Å². The number of hydrogen-bond acceptors (Lipinski definition) is 2. The van der Waals surface area contributed by atoms with Crippen LogP contribution in [0.1, 0.15) is 42.9 Å². The molecule has 2 aromatic rings. The fraction of sp³-hybridized carbons (Fsp3) is 0.263. The Morgan fingerprint density at radius 1 is 1.00 bits per heavy atom. The molecule has 0 aliphatic heterocycles. The predicted molar refractivity (Wildman–Crippen MR) is 89.0 cm³/mol. The topological polar surface area (TPSA) is 66.4 Å².